The lowest BCUT2D eigenvalue weighted by atomic mass is 9.75. The second kappa shape index (κ2) is 5.98. The quantitative estimate of drug-likeness (QED) is 0.729. The Morgan fingerprint density at radius 1 is 1.15 bits per heavy atom. The summed E-state index contributed by atoms with van der Waals surface area (Å²) in [5, 5.41) is 0. The number of ketones is 1. The first-order valence-corrected chi connectivity index (χ1v) is 7.13. The Morgan fingerprint density at radius 3 is 2.30 bits per heavy atom. The minimum atomic E-state index is -4.27. The number of carbonyl (C=O) groups is 1. The third-order valence-corrected chi connectivity index (χ3v) is 4.17. The Kier molecular flexibility index (Phi) is 4.51. The van der Waals surface area contributed by atoms with E-state index in [1.165, 1.54) is 0 Å². The molecule has 4 heteroatoms. The second-order valence-corrected chi connectivity index (χ2v) is 5.45. The molecule has 0 aliphatic heterocycles. The molecule has 0 bridgehead atoms. The highest BCUT2D eigenvalue weighted by atomic mass is 19.4. The van der Waals surface area contributed by atoms with Crippen LogP contribution in [0.1, 0.15) is 48.5 Å². The highest BCUT2D eigenvalue weighted by molar-refractivity contribution is 5.98. The zero-order valence-corrected chi connectivity index (χ0v) is 11.5. The summed E-state index contributed by atoms with van der Waals surface area (Å²) in [4.78, 5) is 12.4. The maximum absolute atomic E-state index is 13.0. The van der Waals surface area contributed by atoms with Crippen molar-refractivity contribution in [2.75, 3.05) is 0 Å². The maximum atomic E-state index is 13.0. The Hall–Kier alpha value is -1.32. The number of hydrogen-bond acceptors (Lipinski definition) is 1. The lowest BCUT2D eigenvalue weighted by Gasteiger charge is -2.32. The van der Waals surface area contributed by atoms with Crippen molar-refractivity contribution in [1.29, 1.82) is 0 Å². The first kappa shape index (κ1) is 15.1. The summed E-state index contributed by atoms with van der Waals surface area (Å²) in [6.45, 7) is 2.00. The summed E-state index contributed by atoms with van der Waals surface area (Å²) in [5.74, 6) is -2.74. The standard InChI is InChI=1S/C16H19F3O/c1-2-11-7-9-12(10-8-11)15(20)13-5-3-4-6-14(13)16(17,18)19/h7-10,13-14H,2-6H2,1H3. The van der Waals surface area contributed by atoms with Gasteiger partial charge in [0.1, 0.15) is 0 Å². The molecule has 110 valence electrons. The van der Waals surface area contributed by atoms with Crippen LogP contribution in [0, 0.1) is 11.8 Å². The monoisotopic (exact) mass is 284 g/mol. The van der Waals surface area contributed by atoms with Gasteiger partial charge in [0.2, 0.25) is 0 Å². The largest absolute Gasteiger partial charge is 0.392 e. The molecular formula is C16H19F3O. The Morgan fingerprint density at radius 2 is 1.75 bits per heavy atom. The number of carbonyl (C=O) groups excluding carboxylic acids is 1. The van der Waals surface area contributed by atoms with Crippen molar-refractivity contribution < 1.29 is 18.0 Å². The SMILES string of the molecule is CCc1ccc(C(=O)C2CCCCC2C(F)(F)F)cc1. The van der Waals surface area contributed by atoms with Crippen molar-refractivity contribution in [2.45, 2.75) is 45.2 Å². The van der Waals surface area contributed by atoms with Crippen LogP contribution >= 0.6 is 0 Å². The summed E-state index contributed by atoms with van der Waals surface area (Å²) in [6.07, 6.45) is -1.74. The van der Waals surface area contributed by atoms with Crippen molar-refractivity contribution in [3.63, 3.8) is 0 Å². The van der Waals surface area contributed by atoms with E-state index in [0.717, 1.165) is 12.0 Å². The van der Waals surface area contributed by atoms with E-state index < -0.39 is 18.0 Å². The molecule has 1 aromatic rings. The normalized spacial score (nSPS) is 23.6. The van der Waals surface area contributed by atoms with Gasteiger partial charge in [-0.15, -0.1) is 0 Å². The van der Waals surface area contributed by atoms with Gasteiger partial charge in [0, 0.05) is 11.5 Å². The molecule has 0 saturated heterocycles. The Balaban J connectivity index is 2.20. The topological polar surface area (TPSA) is 17.1 Å². The van der Waals surface area contributed by atoms with Crippen LogP contribution in [-0.2, 0) is 6.42 Å². The summed E-state index contributed by atoms with van der Waals surface area (Å²) < 4.78 is 39.1. The van der Waals surface area contributed by atoms with Crippen LogP contribution in [0.4, 0.5) is 13.2 Å². The molecule has 1 saturated carbocycles. The van der Waals surface area contributed by atoms with E-state index in [1.54, 1.807) is 12.1 Å². The van der Waals surface area contributed by atoms with E-state index in [-0.39, 0.29) is 12.2 Å². The van der Waals surface area contributed by atoms with E-state index in [0.29, 0.717) is 24.8 Å². The third kappa shape index (κ3) is 3.22. The van der Waals surface area contributed by atoms with E-state index >= 15 is 0 Å². The molecule has 1 aliphatic carbocycles. The minimum absolute atomic E-state index is 0.0763. The van der Waals surface area contributed by atoms with E-state index in [9.17, 15) is 18.0 Å². The van der Waals surface area contributed by atoms with Gasteiger partial charge in [-0.2, -0.15) is 13.2 Å². The second-order valence-electron chi connectivity index (χ2n) is 5.45. The van der Waals surface area contributed by atoms with Crippen LogP contribution in [0.3, 0.4) is 0 Å². The van der Waals surface area contributed by atoms with Crippen molar-refractivity contribution in [3.8, 4) is 0 Å². The maximum Gasteiger partial charge on any atom is 0.392 e. The summed E-state index contributed by atoms with van der Waals surface area (Å²) in [7, 11) is 0. The average Bonchev–Trinajstić information content (AvgIpc) is 2.46. The lowest BCUT2D eigenvalue weighted by Crippen LogP contribution is -2.37. The molecule has 2 rings (SSSR count). The lowest BCUT2D eigenvalue weighted by molar-refractivity contribution is -0.190. The zero-order valence-electron chi connectivity index (χ0n) is 11.5. The van der Waals surface area contributed by atoms with Crippen molar-refractivity contribution >= 4 is 5.78 Å². The molecule has 2 unspecified atom stereocenters. The van der Waals surface area contributed by atoms with Crippen LogP contribution in [0.15, 0.2) is 24.3 Å². The number of aryl methyl sites for hydroxylation is 1. The first-order valence-electron chi connectivity index (χ1n) is 7.13. The molecule has 0 radical (unpaired) electrons. The fourth-order valence-electron chi connectivity index (χ4n) is 2.96. The van der Waals surface area contributed by atoms with Gasteiger partial charge in [0.05, 0.1) is 5.92 Å². The van der Waals surface area contributed by atoms with Gasteiger partial charge in [0.15, 0.2) is 5.78 Å². The summed E-state index contributed by atoms with van der Waals surface area (Å²) >= 11 is 0. The number of rotatable bonds is 3. The van der Waals surface area contributed by atoms with E-state index in [1.807, 2.05) is 19.1 Å². The van der Waals surface area contributed by atoms with Crippen LogP contribution in [0.5, 0.6) is 0 Å². The molecule has 0 spiro atoms. The fourth-order valence-corrected chi connectivity index (χ4v) is 2.96. The molecule has 1 aliphatic rings. The Labute approximate surface area is 117 Å². The van der Waals surface area contributed by atoms with Gasteiger partial charge in [-0.1, -0.05) is 44.0 Å². The van der Waals surface area contributed by atoms with Gasteiger partial charge in [-0.25, -0.2) is 0 Å². The molecular weight excluding hydrogens is 265 g/mol. The number of alkyl halides is 3. The number of halogens is 3. The number of hydrogen-bond donors (Lipinski definition) is 0. The molecule has 0 aromatic heterocycles. The molecule has 0 heterocycles. The molecule has 2 atom stereocenters. The minimum Gasteiger partial charge on any atom is -0.294 e. The molecule has 0 N–H and O–H groups in total. The van der Waals surface area contributed by atoms with Gasteiger partial charge in [0.25, 0.3) is 0 Å². The third-order valence-electron chi connectivity index (χ3n) is 4.17. The van der Waals surface area contributed by atoms with Gasteiger partial charge in [-0.05, 0) is 24.8 Å². The van der Waals surface area contributed by atoms with Crippen LogP contribution < -0.4 is 0 Å². The van der Waals surface area contributed by atoms with E-state index in [4.69, 9.17) is 0 Å². The molecule has 0 amide bonds. The molecule has 1 fully saturated rings. The molecule has 20 heavy (non-hydrogen) atoms. The number of benzene rings is 1. The zero-order chi connectivity index (χ0) is 14.8. The van der Waals surface area contributed by atoms with Crippen LogP contribution in [0.2, 0.25) is 0 Å². The predicted molar refractivity (Wildman–Crippen MR) is 71.7 cm³/mol. The van der Waals surface area contributed by atoms with Gasteiger partial charge in [-0.3, -0.25) is 4.79 Å². The smallest absolute Gasteiger partial charge is 0.294 e. The highest BCUT2D eigenvalue weighted by Crippen LogP contribution is 2.42. The highest BCUT2D eigenvalue weighted by Gasteiger charge is 2.47. The summed E-state index contributed by atoms with van der Waals surface area (Å²) in [5.41, 5.74) is 1.49. The fraction of sp³-hybridized carbons (Fsp3) is 0.562. The van der Waals surface area contributed by atoms with Crippen molar-refractivity contribution in [3.05, 3.63) is 35.4 Å². The average molecular weight is 284 g/mol. The molecule has 1 nitrogen and oxygen atoms in total. The number of Topliss-reactive ketones (excluding diaryl/α,β-unsaturated/α-hetero) is 1. The van der Waals surface area contributed by atoms with Gasteiger partial charge < -0.3 is 0 Å². The van der Waals surface area contributed by atoms with Crippen molar-refractivity contribution in [1.82, 2.24) is 0 Å². The summed E-state index contributed by atoms with van der Waals surface area (Å²) in [6, 6.07) is 6.95. The van der Waals surface area contributed by atoms with Crippen LogP contribution in [0.25, 0.3) is 0 Å². The van der Waals surface area contributed by atoms with Gasteiger partial charge >= 0.3 is 6.18 Å². The predicted octanol–water partition coefficient (Wildman–Crippen LogP) is 4.80. The van der Waals surface area contributed by atoms with E-state index in [2.05, 4.69) is 0 Å². The first-order chi connectivity index (χ1) is 9.43. The Bertz CT molecular complexity index is 462. The van der Waals surface area contributed by atoms with Crippen molar-refractivity contribution in [2.24, 2.45) is 11.8 Å². The molecule has 1 aromatic carbocycles. The van der Waals surface area contributed by atoms with Crippen LogP contribution in [-0.4, -0.2) is 12.0 Å².